The van der Waals surface area contributed by atoms with E-state index < -0.39 is 0 Å². The van der Waals surface area contributed by atoms with Gasteiger partial charge in [-0.3, -0.25) is 0 Å². The van der Waals surface area contributed by atoms with E-state index in [-0.39, 0.29) is 6.61 Å². The van der Waals surface area contributed by atoms with E-state index in [2.05, 4.69) is 11.4 Å². The van der Waals surface area contributed by atoms with Crippen LogP contribution in [0.1, 0.15) is 12.0 Å². The summed E-state index contributed by atoms with van der Waals surface area (Å²) < 4.78 is 0. The van der Waals surface area contributed by atoms with Crippen molar-refractivity contribution in [3.05, 3.63) is 23.8 Å². The summed E-state index contributed by atoms with van der Waals surface area (Å²) >= 11 is 1.78. The van der Waals surface area contributed by atoms with Crippen LogP contribution in [0, 0.1) is 11.3 Å². The van der Waals surface area contributed by atoms with Crippen molar-refractivity contribution in [3.63, 3.8) is 0 Å². The van der Waals surface area contributed by atoms with Crippen LogP contribution in [0.3, 0.4) is 0 Å². The van der Waals surface area contributed by atoms with E-state index in [1.165, 1.54) is 0 Å². The van der Waals surface area contributed by atoms with Crippen molar-refractivity contribution < 1.29 is 5.11 Å². The first-order chi connectivity index (χ1) is 8.27. The van der Waals surface area contributed by atoms with Gasteiger partial charge in [-0.2, -0.15) is 17.0 Å². The maximum absolute atomic E-state index is 8.78. The summed E-state index contributed by atoms with van der Waals surface area (Å²) in [5.74, 6) is 1.92. The molecule has 0 saturated carbocycles. The summed E-state index contributed by atoms with van der Waals surface area (Å²) in [7, 11) is 0. The molecule has 0 aliphatic rings. The van der Waals surface area contributed by atoms with Crippen LogP contribution in [0.5, 0.6) is 0 Å². The number of aliphatic hydroxyl groups is 1. The van der Waals surface area contributed by atoms with E-state index >= 15 is 0 Å². The third-order valence-electron chi connectivity index (χ3n) is 2.19. The molecule has 0 aliphatic carbocycles. The zero-order valence-electron chi connectivity index (χ0n) is 9.65. The monoisotopic (exact) mass is 251 g/mol. The minimum absolute atomic E-state index is 0.248. The molecule has 0 heterocycles. The van der Waals surface area contributed by atoms with E-state index in [0.29, 0.717) is 11.3 Å². The second-order valence-corrected chi connectivity index (χ2v) is 4.75. The molecule has 1 rings (SSSR count). The standard InChI is InChI=1S/C12H17N3OS/c13-9-10-2-3-11(14)12(8-10)15-4-7-17-6-1-5-16/h2-3,8,15-16H,1,4-7,14H2. The SMILES string of the molecule is N#Cc1ccc(N)c(NCCSCCCO)c1. The maximum Gasteiger partial charge on any atom is 0.0992 e. The molecule has 0 fully saturated rings. The number of nitrogens with zero attached hydrogens (tertiary/aromatic N) is 1. The Morgan fingerprint density at radius 1 is 1.41 bits per heavy atom. The first-order valence-corrected chi connectivity index (χ1v) is 6.65. The van der Waals surface area contributed by atoms with Gasteiger partial charge in [-0.15, -0.1) is 0 Å². The van der Waals surface area contributed by atoms with E-state index in [1.54, 1.807) is 30.0 Å². The summed E-state index contributed by atoms with van der Waals surface area (Å²) in [6, 6.07) is 7.28. The lowest BCUT2D eigenvalue weighted by atomic mass is 10.2. The van der Waals surface area contributed by atoms with Gasteiger partial charge in [0.05, 0.1) is 23.0 Å². The van der Waals surface area contributed by atoms with E-state index in [1.807, 2.05) is 0 Å². The normalized spacial score (nSPS) is 9.88. The predicted molar refractivity (Wildman–Crippen MR) is 73.1 cm³/mol. The Labute approximate surface area is 106 Å². The highest BCUT2D eigenvalue weighted by molar-refractivity contribution is 7.99. The van der Waals surface area contributed by atoms with Gasteiger partial charge < -0.3 is 16.2 Å². The average Bonchev–Trinajstić information content (AvgIpc) is 2.35. The molecule has 0 amide bonds. The Balaban J connectivity index is 2.33. The molecule has 92 valence electrons. The molecule has 0 radical (unpaired) electrons. The molecule has 0 spiro atoms. The van der Waals surface area contributed by atoms with Crippen LogP contribution in [0.4, 0.5) is 11.4 Å². The Bertz CT molecular complexity index is 390. The second kappa shape index (κ2) is 7.82. The Morgan fingerprint density at radius 3 is 2.94 bits per heavy atom. The fourth-order valence-electron chi connectivity index (χ4n) is 1.31. The summed E-state index contributed by atoms with van der Waals surface area (Å²) in [6.07, 6.45) is 0.830. The van der Waals surface area contributed by atoms with Gasteiger partial charge in [-0.25, -0.2) is 0 Å². The molecular weight excluding hydrogens is 234 g/mol. The van der Waals surface area contributed by atoms with Gasteiger partial charge in [0, 0.05) is 18.9 Å². The van der Waals surface area contributed by atoms with Crippen molar-refractivity contribution in [3.8, 4) is 6.07 Å². The fraction of sp³-hybridized carbons (Fsp3) is 0.417. The summed E-state index contributed by atoms with van der Waals surface area (Å²) in [5.41, 5.74) is 7.87. The quantitative estimate of drug-likeness (QED) is 0.507. The molecule has 4 nitrogen and oxygen atoms in total. The zero-order valence-corrected chi connectivity index (χ0v) is 10.5. The lowest BCUT2D eigenvalue weighted by molar-refractivity contribution is 0.296. The molecule has 1 aromatic carbocycles. The van der Waals surface area contributed by atoms with Crippen LogP contribution in [0.2, 0.25) is 0 Å². The van der Waals surface area contributed by atoms with Crippen LogP contribution in [-0.2, 0) is 0 Å². The molecule has 0 saturated heterocycles. The molecule has 5 heteroatoms. The molecule has 0 bridgehead atoms. The van der Waals surface area contributed by atoms with Gasteiger partial charge >= 0.3 is 0 Å². The fourth-order valence-corrected chi connectivity index (χ4v) is 2.09. The molecule has 0 unspecified atom stereocenters. The molecule has 17 heavy (non-hydrogen) atoms. The van der Waals surface area contributed by atoms with Gasteiger partial charge in [0.25, 0.3) is 0 Å². The van der Waals surface area contributed by atoms with Crippen molar-refractivity contribution in [1.29, 1.82) is 5.26 Å². The third kappa shape index (κ3) is 4.98. The lowest BCUT2D eigenvalue weighted by Crippen LogP contribution is -2.07. The minimum Gasteiger partial charge on any atom is -0.397 e. The molecule has 0 aromatic heterocycles. The van der Waals surface area contributed by atoms with Crippen molar-refractivity contribution in [1.82, 2.24) is 0 Å². The number of anilines is 2. The Morgan fingerprint density at radius 2 is 2.24 bits per heavy atom. The van der Waals surface area contributed by atoms with Crippen LogP contribution in [0.15, 0.2) is 18.2 Å². The summed E-state index contributed by atoms with van der Waals surface area (Å²) in [5, 5.41) is 20.6. The predicted octanol–water partition coefficient (Wildman–Crippen LogP) is 1.67. The smallest absolute Gasteiger partial charge is 0.0992 e. The van der Waals surface area contributed by atoms with Crippen LogP contribution >= 0.6 is 11.8 Å². The molecule has 0 atom stereocenters. The Hall–Kier alpha value is -1.38. The van der Waals surface area contributed by atoms with E-state index in [4.69, 9.17) is 16.1 Å². The van der Waals surface area contributed by atoms with Gasteiger partial charge in [-0.1, -0.05) is 0 Å². The Kier molecular flexibility index (Phi) is 6.30. The lowest BCUT2D eigenvalue weighted by Gasteiger charge is -2.09. The van der Waals surface area contributed by atoms with Crippen LogP contribution in [0.25, 0.3) is 0 Å². The number of nitrogens with two attached hydrogens (primary N) is 1. The van der Waals surface area contributed by atoms with Gasteiger partial charge in [0.1, 0.15) is 0 Å². The number of aliphatic hydroxyl groups excluding tert-OH is 1. The summed E-state index contributed by atoms with van der Waals surface area (Å²) in [6.45, 7) is 1.05. The first-order valence-electron chi connectivity index (χ1n) is 5.50. The summed E-state index contributed by atoms with van der Waals surface area (Å²) in [4.78, 5) is 0. The number of nitrogens with one attached hydrogen (secondary N) is 1. The van der Waals surface area contributed by atoms with Crippen LogP contribution in [-0.4, -0.2) is 29.8 Å². The zero-order chi connectivity index (χ0) is 12.5. The van der Waals surface area contributed by atoms with E-state index in [0.717, 1.165) is 30.2 Å². The van der Waals surface area contributed by atoms with Crippen molar-refractivity contribution in [2.45, 2.75) is 6.42 Å². The molecule has 4 N–H and O–H groups in total. The molecular formula is C12H17N3OS. The van der Waals surface area contributed by atoms with Gasteiger partial charge in [0.15, 0.2) is 0 Å². The number of rotatable bonds is 7. The van der Waals surface area contributed by atoms with Gasteiger partial charge in [-0.05, 0) is 30.4 Å². The highest BCUT2D eigenvalue weighted by atomic mass is 32.2. The number of nitrogen functional groups attached to an aromatic ring is 1. The van der Waals surface area contributed by atoms with E-state index in [9.17, 15) is 0 Å². The number of hydrogen-bond acceptors (Lipinski definition) is 5. The average molecular weight is 251 g/mol. The number of benzene rings is 1. The largest absolute Gasteiger partial charge is 0.397 e. The topological polar surface area (TPSA) is 82.1 Å². The molecule has 1 aromatic rings. The second-order valence-electron chi connectivity index (χ2n) is 3.53. The number of thioether (sulfide) groups is 1. The van der Waals surface area contributed by atoms with Crippen molar-refractivity contribution in [2.75, 3.05) is 35.7 Å². The highest BCUT2D eigenvalue weighted by Crippen LogP contribution is 2.19. The minimum atomic E-state index is 0.248. The maximum atomic E-state index is 8.78. The van der Waals surface area contributed by atoms with Crippen molar-refractivity contribution >= 4 is 23.1 Å². The van der Waals surface area contributed by atoms with Gasteiger partial charge in [0.2, 0.25) is 0 Å². The first kappa shape index (κ1) is 13.7. The number of hydrogen-bond donors (Lipinski definition) is 3. The van der Waals surface area contributed by atoms with Crippen molar-refractivity contribution in [2.24, 2.45) is 0 Å². The highest BCUT2D eigenvalue weighted by Gasteiger charge is 2.00. The van der Waals surface area contributed by atoms with Crippen LogP contribution < -0.4 is 11.1 Å². The molecule has 0 aliphatic heterocycles. The number of nitriles is 1. The third-order valence-corrected chi connectivity index (χ3v) is 3.26.